The van der Waals surface area contributed by atoms with E-state index in [1.165, 1.54) is 12.1 Å². The Balaban J connectivity index is 2.00. The molecule has 1 aliphatic heterocycles. The maximum absolute atomic E-state index is 13.8. The Bertz CT molecular complexity index is 435. The van der Waals surface area contributed by atoms with Gasteiger partial charge >= 0.3 is 5.69 Å². The van der Waals surface area contributed by atoms with Crippen molar-refractivity contribution in [3.8, 4) is 0 Å². The second-order valence-electron chi connectivity index (χ2n) is 4.13. The van der Waals surface area contributed by atoms with Crippen LogP contribution in [0.15, 0.2) is 18.2 Å². The number of rotatable bonds is 4. The molecule has 18 heavy (non-hydrogen) atoms. The van der Waals surface area contributed by atoms with E-state index in [2.05, 4.69) is 0 Å². The number of nitro groups is 1. The normalized spacial score (nSPS) is 16.7. The van der Waals surface area contributed by atoms with Crippen LogP contribution in [0.2, 0.25) is 0 Å². The lowest BCUT2D eigenvalue weighted by molar-refractivity contribution is -0.387. The Kier molecular flexibility index (Phi) is 4.54. The number of thioether (sulfide) groups is 1. The van der Waals surface area contributed by atoms with Crippen LogP contribution in [0.4, 0.5) is 10.1 Å². The van der Waals surface area contributed by atoms with Crippen LogP contribution >= 0.6 is 11.8 Å². The molecule has 0 radical (unpaired) electrons. The summed E-state index contributed by atoms with van der Waals surface area (Å²) in [5, 5.41) is 11.1. The zero-order chi connectivity index (χ0) is 13.0. The number of ether oxygens (including phenoxy) is 1. The van der Waals surface area contributed by atoms with Gasteiger partial charge in [-0.3, -0.25) is 10.1 Å². The highest BCUT2D eigenvalue weighted by Gasteiger charge is 2.19. The molecule has 1 aliphatic rings. The van der Waals surface area contributed by atoms with Gasteiger partial charge in [0.15, 0.2) is 0 Å². The van der Waals surface area contributed by atoms with Gasteiger partial charge in [-0.25, -0.2) is 0 Å². The first-order valence-electron chi connectivity index (χ1n) is 5.79. The minimum Gasteiger partial charge on any atom is -0.381 e. The van der Waals surface area contributed by atoms with Crippen molar-refractivity contribution in [3.05, 3.63) is 39.7 Å². The standard InChI is InChI=1S/C12H14FNO3S/c13-12-9(2-1-3-11(12)14(15)16)8-18-10-4-6-17-7-5-10/h1-3,10H,4-8H2. The second kappa shape index (κ2) is 6.15. The van der Waals surface area contributed by atoms with Crippen molar-refractivity contribution in [2.24, 2.45) is 0 Å². The van der Waals surface area contributed by atoms with E-state index in [-0.39, 0.29) is 0 Å². The number of nitrogens with zero attached hydrogens (tertiary/aromatic N) is 1. The number of hydrogen-bond acceptors (Lipinski definition) is 4. The fourth-order valence-electron chi connectivity index (χ4n) is 1.87. The summed E-state index contributed by atoms with van der Waals surface area (Å²) in [7, 11) is 0. The van der Waals surface area contributed by atoms with E-state index in [9.17, 15) is 14.5 Å². The molecular formula is C12H14FNO3S. The van der Waals surface area contributed by atoms with Gasteiger partial charge in [0, 0.05) is 35.8 Å². The summed E-state index contributed by atoms with van der Waals surface area (Å²) in [4.78, 5) is 9.94. The predicted molar refractivity (Wildman–Crippen MR) is 68.2 cm³/mol. The lowest BCUT2D eigenvalue weighted by Gasteiger charge is -2.21. The molecule has 98 valence electrons. The molecule has 0 saturated carbocycles. The highest BCUT2D eigenvalue weighted by atomic mass is 32.2. The van der Waals surface area contributed by atoms with Gasteiger partial charge in [0.05, 0.1) is 4.92 Å². The molecule has 0 unspecified atom stereocenters. The first-order chi connectivity index (χ1) is 8.68. The molecule has 0 aromatic heterocycles. The minimum absolute atomic E-state index is 0.403. The Labute approximate surface area is 109 Å². The molecule has 1 saturated heterocycles. The lowest BCUT2D eigenvalue weighted by Crippen LogP contribution is -2.17. The largest absolute Gasteiger partial charge is 0.381 e. The third-order valence-corrected chi connectivity index (χ3v) is 4.32. The zero-order valence-corrected chi connectivity index (χ0v) is 10.6. The molecule has 0 N–H and O–H groups in total. The van der Waals surface area contributed by atoms with Crippen molar-refractivity contribution in [1.29, 1.82) is 0 Å². The van der Waals surface area contributed by atoms with Gasteiger partial charge in [0.1, 0.15) is 0 Å². The molecule has 1 aromatic carbocycles. The van der Waals surface area contributed by atoms with Gasteiger partial charge in [-0.1, -0.05) is 12.1 Å². The summed E-state index contributed by atoms with van der Waals surface area (Å²) < 4.78 is 19.0. The average Bonchev–Trinajstić information content (AvgIpc) is 2.38. The van der Waals surface area contributed by atoms with Crippen LogP contribution in [0.25, 0.3) is 0 Å². The van der Waals surface area contributed by atoms with Gasteiger partial charge in [-0.05, 0) is 12.8 Å². The lowest BCUT2D eigenvalue weighted by atomic mass is 10.2. The van der Waals surface area contributed by atoms with E-state index >= 15 is 0 Å². The molecule has 4 nitrogen and oxygen atoms in total. The Morgan fingerprint density at radius 3 is 2.83 bits per heavy atom. The minimum atomic E-state index is -0.706. The average molecular weight is 271 g/mol. The summed E-state index contributed by atoms with van der Waals surface area (Å²) in [5.41, 5.74) is -0.0410. The fraction of sp³-hybridized carbons (Fsp3) is 0.500. The van der Waals surface area contributed by atoms with Crippen molar-refractivity contribution in [2.75, 3.05) is 13.2 Å². The molecule has 1 fully saturated rings. The van der Waals surface area contributed by atoms with Crippen LogP contribution in [0.5, 0.6) is 0 Å². The van der Waals surface area contributed by atoms with Crippen molar-refractivity contribution in [1.82, 2.24) is 0 Å². The fourth-order valence-corrected chi connectivity index (χ4v) is 3.03. The van der Waals surface area contributed by atoms with Crippen molar-refractivity contribution < 1.29 is 14.1 Å². The van der Waals surface area contributed by atoms with Crippen molar-refractivity contribution in [3.63, 3.8) is 0 Å². The molecule has 0 atom stereocenters. The van der Waals surface area contributed by atoms with E-state index in [0.717, 1.165) is 26.1 Å². The number of benzene rings is 1. The molecule has 0 aliphatic carbocycles. The molecule has 1 heterocycles. The summed E-state index contributed by atoms with van der Waals surface area (Å²) >= 11 is 1.64. The molecule has 1 aromatic rings. The summed E-state index contributed by atoms with van der Waals surface area (Å²) in [6, 6.07) is 4.33. The summed E-state index contributed by atoms with van der Waals surface area (Å²) in [5.74, 6) is -0.236. The van der Waals surface area contributed by atoms with Crippen LogP contribution in [0, 0.1) is 15.9 Å². The Morgan fingerprint density at radius 2 is 2.17 bits per heavy atom. The molecule has 0 spiro atoms. The first kappa shape index (κ1) is 13.3. The number of nitro benzene ring substituents is 1. The van der Waals surface area contributed by atoms with Gasteiger partial charge in [0.2, 0.25) is 5.82 Å². The molecule has 0 amide bonds. The quantitative estimate of drug-likeness (QED) is 0.623. The maximum Gasteiger partial charge on any atom is 0.305 e. The first-order valence-corrected chi connectivity index (χ1v) is 6.84. The molecular weight excluding hydrogens is 257 g/mol. The van der Waals surface area contributed by atoms with Gasteiger partial charge < -0.3 is 4.74 Å². The maximum atomic E-state index is 13.8. The third kappa shape index (κ3) is 3.20. The Hall–Kier alpha value is -1.14. The van der Waals surface area contributed by atoms with Crippen LogP contribution in [-0.4, -0.2) is 23.4 Å². The third-order valence-electron chi connectivity index (χ3n) is 2.90. The van der Waals surface area contributed by atoms with E-state index in [1.807, 2.05) is 0 Å². The van der Waals surface area contributed by atoms with Crippen LogP contribution < -0.4 is 0 Å². The highest BCUT2D eigenvalue weighted by molar-refractivity contribution is 7.99. The Morgan fingerprint density at radius 1 is 1.44 bits per heavy atom. The molecule has 0 bridgehead atoms. The van der Waals surface area contributed by atoms with E-state index in [4.69, 9.17) is 4.74 Å². The van der Waals surface area contributed by atoms with E-state index < -0.39 is 16.4 Å². The highest BCUT2D eigenvalue weighted by Crippen LogP contribution is 2.29. The van der Waals surface area contributed by atoms with E-state index in [0.29, 0.717) is 16.6 Å². The van der Waals surface area contributed by atoms with Gasteiger partial charge in [0.25, 0.3) is 0 Å². The van der Waals surface area contributed by atoms with Crippen LogP contribution in [-0.2, 0) is 10.5 Å². The van der Waals surface area contributed by atoms with E-state index in [1.54, 1.807) is 17.8 Å². The number of hydrogen-bond donors (Lipinski definition) is 0. The molecule has 6 heteroatoms. The summed E-state index contributed by atoms with van der Waals surface area (Å²) in [6.07, 6.45) is 1.92. The summed E-state index contributed by atoms with van der Waals surface area (Å²) in [6.45, 7) is 1.49. The van der Waals surface area contributed by atoms with Crippen LogP contribution in [0.1, 0.15) is 18.4 Å². The topological polar surface area (TPSA) is 52.4 Å². The van der Waals surface area contributed by atoms with Crippen molar-refractivity contribution in [2.45, 2.75) is 23.8 Å². The number of halogens is 1. The molecule has 2 rings (SSSR count). The predicted octanol–water partition coefficient (Wildman–Crippen LogP) is 3.15. The van der Waals surface area contributed by atoms with Crippen molar-refractivity contribution >= 4 is 17.4 Å². The second-order valence-corrected chi connectivity index (χ2v) is 5.42. The smallest absolute Gasteiger partial charge is 0.305 e. The van der Waals surface area contributed by atoms with Gasteiger partial charge in [-0.15, -0.1) is 0 Å². The van der Waals surface area contributed by atoms with Gasteiger partial charge in [-0.2, -0.15) is 16.2 Å². The monoisotopic (exact) mass is 271 g/mol. The zero-order valence-electron chi connectivity index (χ0n) is 9.80. The SMILES string of the molecule is O=[N+]([O-])c1cccc(CSC2CCOCC2)c1F. The van der Waals surface area contributed by atoms with Crippen LogP contribution in [0.3, 0.4) is 0 Å².